The molecule has 0 amide bonds. The van der Waals surface area contributed by atoms with Crippen LogP contribution in [0.1, 0.15) is 45.6 Å². The molecule has 1 aromatic rings. The molecular formula is C10H18IN3. The first-order valence-corrected chi connectivity index (χ1v) is 6.27. The van der Waals surface area contributed by atoms with Gasteiger partial charge in [-0.05, 0) is 35.4 Å². The van der Waals surface area contributed by atoms with Crippen LogP contribution in [0.15, 0.2) is 6.20 Å². The highest BCUT2D eigenvalue weighted by Crippen LogP contribution is 2.24. The predicted molar refractivity (Wildman–Crippen MR) is 68.2 cm³/mol. The molecule has 1 unspecified atom stereocenters. The summed E-state index contributed by atoms with van der Waals surface area (Å²) in [4.78, 5) is 0. The Morgan fingerprint density at radius 1 is 1.57 bits per heavy atom. The number of hydrogen-bond donors (Lipinski definition) is 1. The van der Waals surface area contributed by atoms with Crippen molar-refractivity contribution in [1.29, 1.82) is 0 Å². The van der Waals surface area contributed by atoms with Gasteiger partial charge in [-0.15, -0.1) is 0 Å². The highest BCUT2D eigenvalue weighted by molar-refractivity contribution is 14.1. The molecule has 80 valence electrons. The standard InChI is InChI=1S/C10H18IN3/c1-3-5-6-8(4-2)14-10(12)9(11)7-13-14/h7-8H,3-6,12H2,1-2H3. The fraction of sp³-hybridized carbons (Fsp3) is 0.700. The van der Waals surface area contributed by atoms with E-state index in [4.69, 9.17) is 5.73 Å². The van der Waals surface area contributed by atoms with Gasteiger partial charge in [-0.2, -0.15) is 5.10 Å². The van der Waals surface area contributed by atoms with Gasteiger partial charge >= 0.3 is 0 Å². The van der Waals surface area contributed by atoms with Crippen LogP contribution in [-0.2, 0) is 0 Å². The van der Waals surface area contributed by atoms with Crippen molar-refractivity contribution >= 4 is 28.4 Å². The Labute approximate surface area is 99.2 Å². The predicted octanol–water partition coefficient (Wildman–Crippen LogP) is 3.21. The average molecular weight is 307 g/mol. The minimum absolute atomic E-state index is 0.471. The molecule has 0 saturated carbocycles. The second-order valence-corrected chi connectivity index (χ2v) is 4.69. The molecule has 1 rings (SSSR count). The number of hydrogen-bond acceptors (Lipinski definition) is 2. The van der Waals surface area contributed by atoms with E-state index in [2.05, 4.69) is 41.5 Å². The van der Waals surface area contributed by atoms with E-state index < -0.39 is 0 Å². The molecule has 0 aliphatic rings. The Morgan fingerprint density at radius 3 is 2.71 bits per heavy atom. The van der Waals surface area contributed by atoms with Crippen molar-refractivity contribution < 1.29 is 0 Å². The zero-order chi connectivity index (χ0) is 10.6. The summed E-state index contributed by atoms with van der Waals surface area (Å²) in [5.41, 5.74) is 5.94. The molecule has 14 heavy (non-hydrogen) atoms. The molecular weight excluding hydrogens is 289 g/mol. The summed E-state index contributed by atoms with van der Waals surface area (Å²) in [6.45, 7) is 4.40. The van der Waals surface area contributed by atoms with Gasteiger partial charge in [0.15, 0.2) is 0 Å². The maximum absolute atomic E-state index is 5.94. The first-order chi connectivity index (χ1) is 6.70. The first-order valence-electron chi connectivity index (χ1n) is 5.19. The van der Waals surface area contributed by atoms with Gasteiger partial charge < -0.3 is 5.73 Å². The number of nitrogen functional groups attached to an aromatic ring is 1. The summed E-state index contributed by atoms with van der Waals surface area (Å²) in [6.07, 6.45) is 6.59. The molecule has 0 spiro atoms. The third-order valence-corrected chi connectivity index (χ3v) is 3.33. The summed E-state index contributed by atoms with van der Waals surface area (Å²) in [6, 6.07) is 0.471. The van der Waals surface area contributed by atoms with E-state index in [1.54, 1.807) is 0 Å². The van der Waals surface area contributed by atoms with Gasteiger partial charge in [0, 0.05) is 0 Å². The molecule has 0 aliphatic heterocycles. The fourth-order valence-corrected chi connectivity index (χ4v) is 1.95. The minimum atomic E-state index is 0.471. The number of aromatic nitrogens is 2. The lowest BCUT2D eigenvalue weighted by atomic mass is 10.1. The van der Waals surface area contributed by atoms with E-state index in [0.29, 0.717) is 6.04 Å². The Kier molecular flexibility index (Phi) is 4.71. The lowest BCUT2D eigenvalue weighted by Crippen LogP contribution is -2.12. The van der Waals surface area contributed by atoms with Gasteiger partial charge in [0.2, 0.25) is 0 Å². The number of nitrogens with two attached hydrogens (primary N) is 1. The van der Waals surface area contributed by atoms with E-state index in [1.165, 1.54) is 19.3 Å². The zero-order valence-electron chi connectivity index (χ0n) is 8.83. The van der Waals surface area contributed by atoms with Crippen molar-refractivity contribution in [2.24, 2.45) is 0 Å². The fourth-order valence-electron chi connectivity index (χ4n) is 1.58. The lowest BCUT2D eigenvalue weighted by molar-refractivity contribution is 0.406. The Morgan fingerprint density at radius 2 is 2.29 bits per heavy atom. The van der Waals surface area contributed by atoms with Gasteiger partial charge in [0.1, 0.15) is 5.82 Å². The number of nitrogens with zero attached hydrogens (tertiary/aromatic N) is 2. The molecule has 1 aromatic heterocycles. The molecule has 0 aliphatic carbocycles. The van der Waals surface area contributed by atoms with Crippen LogP contribution in [0.2, 0.25) is 0 Å². The number of rotatable bonds is 5. The average Bonchev–Trinajstić information content (AvgIpc) is 2.51. The molecule has 0 aromatic carbocycles. The summed E-state index contributed by atoms with van der Waals surface area (Å²) >= 11 is 2.22. The van der Waals surface area contributed by atoms with Crippen LogP contribution in [0.4, 0.5) is 5.82 Å². The highest BCUT2D eigenvalue weighted by atomic mass is 127. The highest BCUT2D eigenvalue weighted by Gasteiger charge is 2.13. The van der Waals surface area contributed by atoms with Gasteiger partial charge in [-0.1, -0.05) is 26.7 Å². The number of unbranched alkanes of at least 4 members (excludes halogenated alkanes) is 1. The molecule has 0 bridgehead atoms. The summed E-state index contributed by atoms with van der Waals surface area (Å²) < 4.78 is 3.02. The van der Waals surface area contributed by atoms with E-state index >= 15 is 0 Å². The maximum Gasteiger partial charge on any atom is 0.135 e. The van der Waals surface area contributed by atoms with Crippen molar-refractivity contribution in [2.45, 2.75) is 45.6 Å². The summed E-state index contributed by atoms with van der Waals surface area (Å²) in [5, 5.41) is 4.32. The van der Waals surface area contributed by atoms with Crippen LogP contribution >= 0.6 is 22.6 Å². The minimum Gasteiger partial charge on any atom is -0.383 e. The van der Waals surface area contributed by atoms with Crippen molar-refractivity contribution in [1.82, 2.24) is 9.78 Å². The molecule has 0 radical (unpaired) electrons. The second kappa shape index (κ2) is 5.58. The Balaban J connectivity index is 2.73. The van der Waals surface area contributed by atoms with E-state index in [0.717, 1.165) is 15.8 Å². The quantitative estimate of drug-likeness (QED) is 0.849. The molecule has 0 fully saturated rings. The van der Waals surface area contributed by atoms with Gasteiger partial charge in [-0.25, -0.2) is 4.68 Å². The second-order valence-electron chi connectivity index (χ2n) is 3.53. The molecule has 0 saturated heterocycles. The SMILES string of the molecule is CCCCC(CC)n1ncc(I)c1N. The van der Waals surface area contributed by atoms with E-state index in [1.807, 2.05) is 10.9 Å². The molecule has 4 heteroatoms. The van der Waals surface area contributed by atoms with Gasteiger partial charge in [0.25, 0.3) is 0 Å². The lowest BCUT2D eigenvalue weighted by Gasteiger charge is -2.16. The van der Waals surface area contributed by atoms with Crippen molar-refractivity contribution in [3.63, 3.8) is 0 Å². The zero-order valence-corrected chi connectivity index (χ0v) is 11.0. The number of halogens is 1. The summed E-state index contributed by atoms with van der Waals surface area (Å²) in [5.74, 6) is 0.813. The first kappa shape index (κ1) is 11.8. The van der Waals surface area contributed by atoms with Crippen LogP contribution in [0.5, 0.6) is 0 Å². The normalized spacial score (nSPS) is 13.1. The third kappa shape index (κ3) is 2.62. The number of anilines is 1. The Bertz CT molecular complexity index is 283. The van der Waals surface area contributed by atoms with Crippen LogP contribution in [0.3, 0.4) is 0 Å². The third-order valence-electron chi connectivity index (χ3n) is 2.50. The molecule has 1 atom stereocenters. The summed E-state index contributed by atoms with van der Waals surface area (Å²) in [7, 11) is 0. The van der Waals surface area contributed by atoms with Crippen molar-refractivity contribution in [3.8, 4) is 0 Å². The monoisotopic (exact) mass is 307 g/mol. The van der Waals surface area contributed by atoms with Crippen LogP contribution < -0.4 is 5.73 Å². The smallest absolute Gasteiger partial charge is 0.135 e. The molecule has 3 nitrogen and oxygen atoms in total. The van der Waals surface area contributed by atoms with Crippen molar-refractivity contribution in [3.05, 3.63) is 9.77 Å². The van der Waals surface area contributed by atoms with Crippen molar-refractivity contribution in [2.75, 3.05) is 5.73 Å². The van der Waals surface area contributed by atoms with E-state index in [9.17, 15) is 0 Å². The topological polar surface area (TPSA) is 43.8 Å². The molecule has 1 heterocycles. The van der Waals surface area contributed by atoms with Crippen LogP contribution in [0, 0.1) is 3.57 Å². The molecule has 2 N–H and O–H groups in total. The van der Waals surface area contributed by atoms with Crippen LogP contribution in [-0.4, -0.2) is 9.78 Å². The van der Waals surface area contributed by atoms with Gasteiger partial charge in [-0.3, -0.25) is 0 Å². The Hall–Kier alpha value is -0.260. The van der Waals surface area contributed by atoms with Crippen LogP contribution in [0.25, 0.3) is 0 Å². The largest absolute Gasteiger partial charge is 0.383 e. The van der Waals surface area contributed by atoms with E-state index in [-0.39, 0.29) is 0 Å². The maximum atomic E-state index is 5.94. The van der Waals surface area contributed by atoms with Gasteiger partial charge in [0.05, 0.1) is 15.8 Å².